The smallest absolute Gasteiger partial charge is 0.143 e. The Hall–Kier alpha value is -1.75. The van der Waals surface area contributed by atoms with Gasteiger partial charge in [-0.25, -0.2) is 4.68 Å². The minimum absolute atomic E-state index is 0.341. The first-order chi connectivity index (χ1) is 8.81. The molecular weight excluding hydrogens is 226 g/mol. The summed E-state index contributed by atoms with van der Waals surface area (Å²) < 4.78 is 1.67. The van der Waals surface area contributed by atoms with Crippen LogP contribution in [0.2, 0.25) is 0 Å². The SMILES string of the molecule is CCCCNC(C)c1cccc(-n2cnnn2)c1. The van der Waals surface area contributed by atoms with Crippen LogP contribution in [-0.4, -0.2) is 26.8 Å². The molecule has 5 nitrogen and oxygen atoms in total. The summed E-state index contributed by atoms with van der Waals surface area (Å²) in [6, 6.07) is 8.61. The summed E-state index contributed by atoms with van der Waals surface area (Å²) >= 11 is 0. The summed E-state index contributed by atoms with van der Waals surface area (Å²) in [5.74, 6) is 0. The molecular formula is C13H19N5. The van der Waals surface area contributed by atoms with Gasteiger partial charge in [0.25, 0.3) is 0 Å². The van der Waals surface area contributed by atoms with Crippen LogP contribution in [0.4, 0.5) is 0 Å². The topological polar surface area (TPSA) is 55.6 Å². The largest absolute Gasteiger partial charge is 0.310 e. The van der Waals surface area contributed by atoms with Crippen LogP contribution in [0.15, 0.2) is 30.6 Å². The average molecular weight is 245 g/mol. The third-order valence-corrected chi connectivity index (χ3v) is 2.96. The third kappa shape index (κ3) is 3.13. The van der Waals surface area contributed by atoms with Crippen LogP contribution in [0.5, 0.6) is 0 Å². The molecule has 0 aliphatic heterocycles. The van der Waals surface area contributed by atoms with Crippen molar-refractivity contribution in [2.75, 3.05) is 6.54 Å². The molecule has 0 saturated carbocycles. The van der Waals surface area contributed by atoms with E-state index < -0.39 is 0 Å². The van der Waals surface area contributed by atoms with E-state index in [9.17, 15) is 0 Å². The summed E-state index contributed by atoms with van der Waals surface area (Å²) in [7, 11) is 0. The average Bonchev–Trinajstić information content (AvgIpc) is 2.93. The highest BCUT2D eigenvalue weighted by Gasteiger charge is 2.06. The molecule has 0 fully saturated rings. The molecule has 5 heteroatoms. The Kier molecular flexibility index (Phi) is 4.41. The maximum Gasteiger partial charge on any atom is 0.143 e. The monoisotopic (exact) mass is 245 g/mol. The van der Waals surface area contributed by atoms with Gasteiger partial charge < -0.3 is 5.32 Å². The number of benzene rings is 1. The highest BCUT2D eigenvalue weighted by atomic mass is 15.5. The molecule has 2 aromatic rings. The Morgan fingerprint density at radius 2 is 2.28 bits per heavy atom. The van der Waals surface area contributed by atoms with Gasteiger partial charge in [-0.15, -0.1) is 5.10 Å². The predicted molar refractivity (Wildman–Crippen MR) is 70.5 cm³/mol. The zero-order valence-electron chi connectivity index (χ0n) is 10.9. The summed E-state index contributed by atoms with van der Waals surface area (Å²) in [5, 5.41) is 14.7. The molecule has 0 amide bonds. The maximum atomic E-state index is 3.90. The van der Waals surface area contributed by atoms with Crippen molar-refractivity contribution >= 4 is 0 Å². The molecule has 1 aromatic carbocycles. The molecule has 0 spiro atoms. The van der Waals surface area contributed by atoms with Gasteiger partial charge >= 0.3 is 0 Å². The molecule has 18 heavy (non-hydrogen) atoms. The van der Waals surface area contributed by atoms with E-state index in [1.54, 1.807) is 11.0 Å². The van der Waals surface area contributed by atoms with Gasteiger partial charge in [0.15, 0.2) is 0 Å². The number of unbranched alkanes of at least 4 members (excludes halogenated alkanes) is 1. The zero-order chi connectivity index (χ0) is 12.8. The van der Waals surface area contributed by atoms with E-state index in [2.05, 4.69) is 46.8 Å². The molecule has 96 valence electrons. The van der Waals surface area contributed by atoms with Gasteiger partial charge in [-0.2, -0.15) is 0 Å². The second kappa shape index (κ2) is 6.26. The molecule has 0 aliphatic carbocycles. The number of hydrogen-bond donors (Lipinski definition) is 1. The normalized spacial score (nSPS) is 12.6. The third-order valence-electron chi connectivity index (χ3n) is 2.96. The number of nitrogens with one attached hydrogen (secondary N) is 1. The highest BCUT2D eigenvalue weighted by Crippen LogP contribution is 2.16. The summed E-state index contributed by atoms with van der Waals surface area (Å²) in [6.45, 7) is 5.42. The standard InChI is InChI=1S/C13H19N5/c1-3-4-8-14-11(2)12-6-5-7-13(9-12)18-10-15-16-17-18/h5-7,9-11,14H,3-4,8H2,1-2H3. The lowest BCUT2D eigenvalue weighted by molar-refractivity contribution is 0.554. The lowest BCUT2D eigenvalue weighted by Gasteiger charge is -2.14. The molecule has 1 unspecified atom stereocenters. The Balaban J connectivity index is 2.07. The lowest BCUT2D eigenvalue weighted by atomic mass is 10.1. The first-order valence-electron chi connectivity index (χ1n) is 6.38. The van der Waals surface area contributed by atoms with E-state index in [0.717, 1.165) is 12.2 Å². The van der Waals surface area contributed by atoms with Crippen molar-refractivity contribution in [1.29, 1.82) is 0 Å². The van der Waals surface area contributed by atoms with Gasteiger partial charge in [0, 0.05) is 6.04 Å². The molecule has 1 heterocycles. The van der Waals surface area contributed by atoms with Crippen LogP contribution in [-0.2, 0) is 0 Å². The molecule has 1 N–H and O–H groups in total. The highest BCUT2D eigenvalue weighted by molar-refractivity contribution is 5.35. The van der Waals surface area contributed by atoms with Crippen LogP contribution in [0.1, 0.15) is 38.3 Å². The number of tetrazole rings is 1. The zero-order valence-corrected chi connectivity index (χ0v) is 10.9. The minimum Gasteiger partial charge on any atom is -0.310 e. The van der Waals surface area contributed by atoms with Crippen molar-refractivity contribution < 1.29 is 0 Å². The van der Waals surface area contributed by atoms with Crippen molar-refractivity contribution in [3.8, 4) is 5.69 Å². The van der Waals surface area contributed by atoms with Crippen molar-refractivity contribution in [3.05, 3.63) is 36.2 Å². The van der Waals surface area contributed by atoms with E-state index in [4.69, 9.17) is 0 Å². The van der Waals surface area contributed by atoms with E-state index in [0.29, 0.717) is 6.04 Å². The van der Waals surface area contributed by atoms with Crippen molar-refractivity contribution in [2.45, 2.75) is 32.7 Å². The van der Waals surface area contributed by atoms with Gasteiger partial charge in [-0.1, -0.05) is 25.5 Å². The van der Waals surface area contributed by atoms with E-state index in [1.807, 2.05) is 12.1 Å². The lowest BCUT2D eigenvalue weighted by Crippen LogP contribution is -2.19. The quantitative estimate of drug-likeness (QED) is 0.792. The second-order valence-corrected chi connectivity index (χ2v) is 4.38. The predicted octanol–water partition coefficient (Wildman–Crippen LogP) is 2.11. The van der Waals surface area contributed by atoms with E-state index >= 15 is 0 Å². The molecule has 0 radical (unpaired) electrons. The van der Waals surface area contributed by atoms with Crippen LogP contribution in [0.25, 0.3) is 5.69 Å². The number of aromatic nitrogens is 4. The minimum atomic E-state index is 0.341. The first kappa shape index (κ1) is 12.7. The summed E-state index contributed by atoms with van der Waals surface area (Å²) in [5.41, 5.74) is 2.24. The number of nitrogens with zero attached hydrogens (tertiary/aromatic N) is 4. The van der Waals surface area contributed by atoms with Crippen molar-refractivity contribution in [3.63, 3.8) is 0 Å². The molecule has 0 bridgehead atoms. The first-order valence-corrected chi connectivity index (χ1v) is 6.38. The van der Waals surface area contributed by atoms with Gasteiger partial charge in [-0.05, 0) is 48.0 Å². The fourth-order valence-electron chi connectivity index (χ4n) is 1.83. The van der Waals surface area contributed by atoms with Crippen LogP contribution >= 0.6 is 0 Å². The Morgan fingerprint density at radius 3 is 3.00 bits per heavy atom. The van der Waals surface area contributed by atoms with Crippen molar-refractivity contribution in [1.82, 2.24) is 25.5 Å². The van der Waals surface area contributed by atoms with Crippen molar-refractivity contribution in [2.24, 2.45) is 0 Å². The number of hydrogen-bond acceptors (Lipinski definition) is 4. The van der Waals surface area contributed by atoms with Gasteiger partial charge in [0.1, 0.15) is 6.33 Å². The maximum absolute atomic E-state index is 3.90. The van der Waals surface area contributed by atoms with Gasteiger partial charge in [0.05, 0.1) is 5.69 Å². The number of rotatable bonds is 6. The molecule has 1 aromatic heterocycles. The molecule has 0 aliphatic rings. The van der Waals surface area contributed by atoms with Gasteiger partial charge in [0.2, 0.25) is 0 Å². The molecule has 1 atom stereocenters. The molecule has 2 rings (SSSR count). The Bertz CT molecular complexity index is 466. The van der Waals surface area contributed by atoms with Gasteiger partial charge in [-0.3, -0.25) is 0 Å². The summed E-state index contributed by atoms with van der Waals surface area (Å²) in [4.78, 5) is 0. The Morgan fingerprint density at radius 1 is 1.39 bits per heavy atom. The fraction of sp³-hybridized carbons (Fsp3) is 0.462. The van der Waals surface area contributed by atoms with E-state index in [-0.39, 0.29) is 0 Å². The van der Waals surface area contributed by atoms with Crippen LogP contribution in [0.3, 0.4) is 0 Å². The van der Waals surface area contributed by atoms with Crippen LogP contribution < -0.4 is 5.32 Å². The second-order valence-electron chi connectivity index (χ2n) is 4.38. The van der Waals surface area contributed by atoms with Crippen LogP contribution in [0, 0.1) is 0 Å². The summed E-state index contributed by atoms with van der Waals surface area (Å²) in [6.07, 6.45) is 4.02. The fourth-order valence-corrected chi connectivity index (χ4v) is 1.83. The van der Waals surface area contributed by atoms with E-state index in [1.165, 1.54) is 18.4 Å². The molecule has 0 saturated heterocycles. The Labute approximate surface area is 107 Å².